The molecule has 0 atom stereocenters. The number of hydrogen-bond donors (Lipinski definition) is 0. The van der Waals surface area contributed by atoms with Gasteiger partial charge in [-0.2, -0.15) is 8.42 Å². The summed E-state index contributed by atoms with van der Waals surface area (Å²) in [6, 6.07) is 0. The highest BCUT2D eigenvalue weighted by Gasteiger charge is 2.28. The highest BCUT2D eigenvalue weighted by molar-refractivity contribution is 7.85. The van der Waals surface area contributed by atoms with Crippen molar-refractivity contribution in [3.05, 3.63) is 18.7 Å². The van der Waals surface area contributed by atoms with Gasteiger partial charge in [-0.1, -0.05) is 0 Å². The van der Waals surface area contributed by atoms with Crippen LogP contribution >= 0.6 is 0 Å². The van der Waals surface area contributed by atoms with Gasteiger partial charge in [-0.05, 0) is 79.1 Å². The van der Waals surface area contributed by atoms with Crippen LogP contribution in [-0.4, -0.2) is 90.2 Å². The van der Waals surface area contributed by atoms with E-state index in [9.17, 15) is 18.0 Å². The summed E-state index contributed by atoms with van der Waals surface area (Å²) in [5.41, 5.74) is -0.905. The van der Waals surface area contributed by atoms with Gasteiger partial charge in [0.1, 0.15) is 11.2 Å². The van der Waals surface area contributed by atoms with E-state index < -0.39 is 21.3 Å². The second-order valence-corrected chi connectivity index (χ2v) is 13.7. The van der Waals surface area contributed by atoms with Gasteiger partial charge in [0.05, 0.1) is 19.2 Å². The lowest BCUT2D eigenvalue weighted by atomic mass is 9.97. The maximum atomic E-state index is 11.9. The average Bonchev–Trinajstić information content (AvgIpc) is 3.29. The topological polar surface area (TPSA) is 120 Å². The Kier molecular flexibility index (Phi) is 11.4. The molecule has 0 radical (unpaired) electrons. The summed E-state index contributed by atoms with van der Waals surface area (Å²) in [5, 5.41) is 0. The Hall–Kier alpha value is -2.34. The SMILES string of the molecule is CC(C)(C)OC(=O)N1CCC(COS(C)(=O)=O)CC1.CC(C)(C)OC(=O)N1CCC(Cn2ccnc2)CC1. The third-order valence-corrected chi connectivity index (χ3v) is 6.64. The van der Waals surface area contributed by atoms with Crippen molar-refractivity contribution >= 4 is 22.3 Å². The van der Waals surface area contributed by atoms with E-state index in [2.05, 4.69) is 9.55 Å². The molecule has 1 aromatic heterocycles. The standard InChI is InChI=1S/C14H23N3O2.C12H23NO5S/c1-14(2,3)19-13(18)17-7-4-12(5-8-17)10-16-9-6-15-11-16;1-12(2,3)18-11(14)13-7-5-10(6-8-13)9-17-19(4,15)16/h6,9,11-12H,4-5,7-8,10H2,1-3H3;10H,5-9H2,1-4H3. The van der Waals surface area contributed by atoms with Gasteiger partial charge in [-0.25, -0.2) is 14.6 Å². The molecule has 0 unspecified atom stereocenters. The predicted molar refractivity (Wildman–Crippen MR) is 144 cm³/mol. The first-order valence-electron chi connectivity index (χ1n) is 13.3. The van der Waals surface area contributed by atoms with Gasteiger partial charge in [0.15, 0.2) is 0 Å². The fourth-order valence-electron chi connectivity index (χ4n) is 4.15. The molecule has 2 fully saturated rings. The first kappa shape index (κ1) is 31.9. The van der Waals surface area contributed by atoms with Crippen molar-refractivity contribution in [3.8, 4) is 0 Å². The van der Waals surface area contributed by atoms with E-state index >= 15 is 0 Å². The number of carbonyl (C=O) groups excluding carboxylic acids is 2. The van der Waals surface area contributed by atoms with Crippen LogP contribution in [0.4, 0.5) is 9.59 Å². The van der Waals surface area contributed by atoms with Gasteiger partial charge in [-0.3, -0.25) is 4.18 Å². The van der Waals surface area contributed by atoms with Crippen molar-refractivity contribution in [1.82, 2.24) is 19.4 Å². The summed E-state index contributed by atoms with van der Waals surface area (Å²) < 4.78 is 39.4. The van der Waals surface area contributed by atoms with Gasteiger partial charge in [0.2, 0.25) is 0 Å². The Morgan fingerprint density at radius 3 is 1.66 bits per heavy atom. The van der Waals surface area contributed by atoms with Gasteiger partial charge < -0.3 is 23.8 Å². The summed E-state index contributed by atoms with van der Waals surface area (Å²) in [6.45, 7) is 15.1. The minimum Gasteiger partial charge on any atom is -0.444 e. The number of hydrogen-bond acceptors (Lipinski definition) is 8. The van der Waals surface area contributed by atoms with Crippen molar-refractivity contribution in [2.75, 3.05) is 39.0 Å². The molecule has 2 aliphatic rings. The molecule has 2 aliphatic heterocycles. The Morgan fingerprint density at radius 2 is 1.29 bits per heavy atom. The van der Waals surface area contributed by atoms with E-state index in [1.807, 2.05) is 59.0 Å². The van der Waals surface area contributed by atoms with Crippen LogP contribution in [0.15, 0.2) is 18.7 Å². The number of aromatic nitrogens is 2. The molecule has 218 valence electrons. The number of imidazole rings is 1. The van der Waals surface area contributed by atoms with Crippen LogP contribution in [0.3, 0.4) is 0 Å². The van der Waals surface area contributed by atoms with E-state index in [-0.39, 0.29) is 24.7 Å². The van der Waals surface area contributed by atoms with Gasteiger partial charge in [-0.15, -0.1) is 0 Å². The summed E-state index contributed by atoms with van der Waals surface area (Å²) >= 11 is 0. The first-order valence-corrected chi connectivity index (χ1v) is 15.1. The molecule has 2 saturated heterocycles. The molecule has 0 saturated carbocycles. The van der Waals surface area contributed by atoms with Crippen LogP contribution < -0.4 is 0 Å². The van der Waals surface area contributed by atoms with Crippen molar-refractivity contribution in [2.24, 2.45) is 11.8 Å². The smallest absolute Gasteiger partial charge is 0.410 e. The molecule has 12 heteroatoms. The highest BCUT2D eigenvalue weighted by atomic mass is 32.2. The molecule has 0 N–H and O–H groups in total. The van der Waals surface area contributed by atoms with Crippen LogP contribution in [0.2, 0.25) is 0 Å². The van der Waals surface area contributed by atoms with Crippen LogP contribution in [0.1, 0.15) is 67.2 Å². The maximum absolute atomic E-state index is 11.9. The molecule has 0 aliphatic carbocycles. The zero-order valence-electron chi connectivity index (χ0n) is 24.0. The number of ether oxygens (including phenoxy) is 2. The zero-order chi connectivity index (χ0) is 28.6. The van der Waals surface area contributed by atoms with Crippen molar-refractivity contribution in [1.29, 1.82) is 0 Å². The van der Waals surface area contributed by atoms with Gasteiger partial charge in [0, 0.05) is 45.1 Å². The first-order chi connectivity index (χ1) is 17.5. The molecule has 0 bridgehead atoms. The van der Waals surface area contributed by atoms with E-state index in [0.717, 1.165) is 51.6 Å². The largest absolute Gasteiger partial charge is 0.444 e. The minimum atomic E-state index is -3.38. The summed E-state index contributed by atoms with van der Waals surface area (Å²) in [4.78, 5) is 31.3. The molecular weight excluding hydrogens is 512 g/mol. The van der Waals surface area contributed by atoms with E-state index in [1.54, 1.807) is 11.1 Å². The van der Waals surface area contributed by atoms with Crippen molar-refractivity contribution < 1.29 is 31.7 Å². The number of nitrogens with zero attached hydrogens (tertiary/aromatic N) is 4. The molecular formula is C26H46N4O7S. The molecule has 3 heterocycles. The average molecular weight is 559 g/mol. The molecule has 1 aromatic rings. The summed E-state index contributed by atoms with van der Waals surface area (Å²) in [5.74, 6) is 0.793. The number of likely N-dealkylation sites (tertiary alicyclic amines) is 2. The molecule has 2 amide bonds. The Labute approximate surface area is 227 Å². The van der Waals surface area contributed by atoms with Crippen LogP contribution in [-0.2, 0) is 30.3 Å². The minimum absolute atomic E-state index is 0.174. The van der Waals surface area contributed by atoms with Crippen LogP contribution in [0.25, 0.3) is 0 Å². The fraction of sp³-hybridized carbons (Fsp3) is 0.808. The highest BCUT2D eigenvalue weighted by Crippen LogP contribution is 2.22. The van der Waals surface area contributed by atoms with Crippen LogP contribution in [0.5, 0.6) is 0 Å². The lowest BCUT2D eigenvalue weighted by Gasteiger charge is -2.33. The number of piperidine rings is 2. The quantitative estimate of drug-likeness (QED) is 0.495. The second-order valence-electron chi connectivity index (χ2n) is 12.1. The molecule has 0 spiro atoms. The second kappa shape index (κ2) is 13.6. The Balaban J connectivity index is 0.000000267. The van der Waals surface area contributed by atoms with Crippen molar-refractivity contribution in [3.63, 3.8) is 0 Å². The monoisotopic (exact) mass is 558 g/mol. The molecule has 38 heavy (non-hydrogen) atoms. The fourth-order valence-corrected chi connectivity index (χ4v) is 4.59. The summed E-state index contributed by atoms with van der Waals surface area (Å²) in [6.07, 6.45) is 9.70. The number of rotatable bonds is 5. The Bertz CT molecular complexity index is 968. The van der Waals surface area contributed by atoms with Gasteiger partial charge in [0.25, 0.3) is 10.1 Å². The number of amides is 2. The van der Waals surface area contributed by atoms with Crippen LogP contribution in [0, 0.1) is 11.8 Å². The molecule has 3 rings (SSSR count). The van der Waals surface area contributed by atoms with E-state index in [4.69, 9.17) is 13.7 Å². The third kappa shape index (κ3) is 12.9. The lowest BCUT2D eigenvalue weighted by molar-refractivity contribution is 0.0160. The Morgan fingerprint density at radius 1 is 0.842 bits per heavy atom. The zero-order valence-corrected chi connectivity index (χ0v) is 24.8. The normalized spacial score (nSPS) is 18.0. The lowest BCUT2D eigenvalue weighted by Crippen LogP contribution is -2.42. The molecule has 0 aromatic carbocycles. The molecule has 11 nitrogen and oxygen atoms in total. The number of carbonyl (C=O) groups is 2. The van der Waals surface area contributed by atoms with E-state index in [0.29, 0.717) is 19.0 Å². The third-order valence-electron chi connectivity index (χ3n) is 6.08. The predicted octanol–water partition coefficient (Wildman–Crippen LogP) is 4.14. The summed E-state index contributed by atoms with van der Waals surface area (Å²) in [7, 11) is -3.38. The van der Waals surface area contributed by atoms with Gasteiger partial charge >= 0.3 is 12.2 Å². The van der Waals surface area contributed by atoms with Crippen molar-refractivity contribution in [2.45, 2.75) is 85.0 Å². The maximum Gasteiger partial charge on any atom is 0.410 e. The van der Waals surface area contributed by atoms with E-state index in [1.165, 1.54) is 0 Å².